The maximum Gasteiger partial charge on any atom is 0.319 e. The molecule has 104 valence electrons. The number of hydrogen-bond acceptors (Lipinski definition) is 3. The van der Waals surface area contributed by atoms with Crippen molar-refractivity contribution in [2.75, 3.05) is 6.61 Å². The highest BCUT2D eigenvalue weighted by atomic mass is 35.5. The van der Waals surface area contributed by atoms with Gasteiger partial charge in [0.1, 0.15) is 11.2 Å². The minimum Gasteiger partial charge on any atom is -0.465 e. The van der Waals surface area contributed by atoms with Gasteiger partial charge in [0.05, 0.1) is 6.61 Å². The molecule has 0 atom stereocenters. The van der Waals surface area contributed by atoms with Crippen molar-refractivity contribution in [1.29, 1.82) is 0 Å². The first-order chi connectivity index (χ1) is 8.78. The number of Topliss-reactive ketones (excluding diaryl/α,β-unsaturated/α-hetero) is 1. The van der Waals surface area contributed by atoms with Crippen LogP contribution in [0.3, 0.4) is 0 Å². The summed E-state index contributed by atoms with van der Waals surface area (Å²) in [7, 11) is 0. The second-order valence-corrected chi connectivity index (χ2v) is 5.09. The molecular weight excluding hydrogens is 271 g/mol. The van der Waals surface area contributed by atoms with Gasteiger partial charge in [-0.05, 0) is 38.5 Å². The van der Waals surface area contributed by atoms with Crippen LogP contribution < -0.4 is 0 Å². The van der Waals surface area contributed by atoms with Crippen LogP contribution in [0.1, 0.15) is 26.3 Å². The van der Waals surface area contributed by atoms with E-state index in [4.69, 9.17) is 16.3 Å². The maximum atomic E-state index is 12.9. The molecule has 3 nitrogen and oxygen atoms in total. The summed E-state index contributed by atoms with van der Waals surface area (Å²) in [6, 6.07) is 3.81. The largest absolute Gasteiger partial charge is 0.465 e. The summed E-state index contributed by atoms with van der Waals surface area (Å²) >= 11 is 5.86. The predicted molar refractivity (Wildman–Crippen MR) is 70.5 cm³/mol. The van der Waals surface area contributed by atoms with Gasteiger partial charge in [-0.2, -0.15) is 0 Å². The predicted octanol–water partition coefficient (Wildman–Crippen LogP) is 3.18. The SMILES string of the molecule is CCOC(=O)C(C)(C)C(=O)Cc1ccc(F)cc1Cl. The number of ether oxygens (including phenoxy) is 1. The van der Waals surface area contributed by atoms with Crippen molar-refractivity contribution in [3.8, 4) is 0 Å². The molecule has 0 aliphatic carbocycles. The zero-order chi connectivity index (χ0) is 14.6. The fraction of sp³-hybridized carbons (Fsp3) is 0.429. The second-order valence-electron chi connectivity index (χ2n) is 4.68. The minimum absolute atomic E-state index is 0.0368. The van der Waals surface area contributed by atoms with Crippen LogP contribution in [-0.2, 0) is 20.7 Å². The zero-order valence-electron chi connectivity index (χ0n) is 11.1. The van der Waals surface area contributed by atoms with E-state index in [-0.39, 0.29) is 23.8 Å². The van der Waals surface area contributed by atoms with E-state index in [1.54, 1.807) is 6.92 Å². The molecule has 1 aromatic carbocycles. The maximum absolute atomic E-state index is 12.9. The summed E-state index contributed by atoms with van der Waals surface area (Å²) in [4.78, 5) is 23.8. The van der Waals surface area contributed by atoms with Crippen LogP contribution in [0.25, 0.3) is 0 Å². The normalized spacial score (nSPS) is 11.2. The van der Waals surface area contributed by atoms with Crippen molar-refractivity contribution in [1.82, 2.24) is 0 Å². The van der Waals surface area contributed by atoms with Crippen molar-refractivity contribution < 1.29 is 18.7 Å². The lowest BCUT2D eigenvalue weighted by atomic mass is 9.85. The standard InChI is InChI=1S/C14H16ClFO3/c1-4-19-13(18)14(2,3)12(17)7-9-5-6-10(16)8-11(9)15/h5-6,8H,4,7H2,1-3H3. The van der Waals surface area contributed by atoms with E-state index in [9.17, 15) is 14.0 Å². The molecule has 0 spiro atoms. The van der Waals surface area contributed by atoms with Gasteiger partial charge in [0.25, 0.3) is 0 Å². The van der Waals surface area contributed by atoms with E-state index >= 15 is 0 Å². The van der Waals surface area contributed by atoms with E-state index in [1.807, 2.05) is 0 Å². The monoisotopic (exact) mass is 286 g/mol. The zero-order valence-corrected chi connectivity index (χ0v) is 11.9. The fourth-order valence-electron chi connectivity index (χ4n) is 1.48. The summed E-state index contributed by atoms with van der Waals surface area (Å²) in [6.45, 7) is 4.90. The first kappa shape index (κ1) is 15.6. The highest BCUT2D eigenvalue weighted by Gasteiger charge is 2.37. The van der Waals surface area contributed by atoms with Gasteiger partial charge in [-0.1, -0.05) is 17.7 Å². The molecule has 0 heterocycles. The number of carbonyl (C=O) groups is 2. The first-order valence-electron chi connectivity index (χ1n) is 5.93. The third-order valence-electron chi connectivity index (χ3n) is 2.85. The number of benzene rings is 1. The van der Waals surface area contributed by atoms with Crippen LogP contribution >= 0.6 is 11.6 Å². The van der Waals surface area contributed by atoms with Gasteiger partial charge >= 0.3 is 5.97 Å². The molecule has 0 amide bonds. The summed E-state index contributed by atoms with van der Waals surface area (Å²) in [6.07, 6.45) is -0.0368. The Bertz CT molecular complexity index is 497. The van der Waals surface area contributed by atoms with Crippen molar-refractivity contribution >= 4 is 23.4 Å². The highest BCUT2D eigenvalue weighted by molar-refractivity contribution is 6.31. The molecule has 5 heteroatoms. The molecule has 0 bridgehead atoms. The smallest absolute Gasteiger partial charge is 0.319 e. The minimum atomic E-state index is -1.24. The molecule has 0 aliphatic rings. The van der Waals surface area contributed by atoms with Gasteiger partial charge < -0.3 is 4.74 Å². The van der Waals surface area contributed by atoms with Crippen LogP contribution in [0, 0.1) is 11.2 Å². The Balaban J connectivity index is 2.87. The van der Waals surface area contributed by atoms with Gasteiger partial charge in [-0.15, -0.1) is 0 Å². The fourth-order valence-corrected chi connectivity index (χ4v) is 1.72. The molecule has 0 fully saturated rings. The lowest BCUT2D eigenvalue weighted by molar-refractivity contribution is -0.157. The van der Waals surface area contributed by atoms with E-state index in [0.29, 0.717) is 5.56 Å². The van der Waals surface area contributed by atoms with Crippen molar-refractivity contribution in [2.45, 2.75) is 27.2 Å². The lowest BCUT2D eigenvalue weighted by Gasteiger charge is -2.21. The molecule has 0 saturated carbocycles. The third kappa shape index (κ3) is 3.77. The Morgan fingerprint density at radius 1 is 1.37 bits per heavy atom. The number of carbonyl (C=O) groups excluding carboxylic acids is 2. The summed E-state index contributed by atoms with van der Waals surface area (Å²) < 4.78 is 17.8. The Kier molecular flexibility index (Phi) is 5.06. The van der Waals surface area contributed by atoms with E-state index in [2.05, 4.69) is 0 Å². The van der Waals surface area contributed by atoms with E-state index in [1.165, 1.54) is 26.0 Å². The van der Waals surface area contributed by atoms with Crippen LogP contribution in [0.5, 0.6) is 0 Å². The summed E-state index contributed by atoms with van der Waals surface area (Å²) in [5.41, 5.74) is -0.751. The molecule has 0 N–H and O–H groups in total. The lowest BCUT2D eigenvalue weighted by Crippen LogP contribution is -2.36. The van der Waals surface area contributed by atoms with Crippen LogP contribution in [-0.4, -0.2) is 18.4 Å². The molecule has 0 aliphatic heterocycles. The number of halogens is 2. The number of hydrogen-bond donors (Lipinski definition) is 0. The first-order valence-corrected chi connectivity index (χ1v) is 6.31. The molecular formula is C14H16ClFO3. The Morgan fingerprint density at radius 2 is 2.00 bits per heavy atom. The third-order valence-corrected chi connectivity index (χ3v) is 3.20. The Morgan fingerprint density at radius 3 is 2.53 bits per heavy atom. The van der Waals surface area contributed by atoms with Crippen LogP contribution in [0.2, 0.25) is 5.02 Å². The van der Waals surface area contributed by atoms with E-state index in [0.717, 1.165) is 6.07 Å². The quantitative estimate of drug-likeness (QED) is 0.617. The molecule has 0 unspecified atom stereocenters. The highest BCUT2D eigenvalue weighted by Crippen LogP contribution is 2.24. The van der Waals surface area contributed by atoms with Crippen LogP contribution in [0.4, 0.5) is 4.39 Å². The molecule has 19 heavy (non-hydrogen) atoms. The topological polar surface area (TPSA) is 43.4 Å². The van der Waals surface area contributed by atoms with Crippen molar-refractivity contribution in [3.05, 3.63) is 34.6 Å². The Hall–Kier alpha value is -1.42. The average Bonchev–Trinajstić information content (AvgIpc) is 2.32. The number of rotatable bonds is 5. The molecule has 1 aromatic rings. The molecule has 0 radical (unpaired) electrons. The average molecular weight is 287 g/mol. The second kappa shape index (κ2) is 6.15. The molecule has 1 rings (SSSR count). The van der Waals surface area contributed by atoms with Gasteiger partial charge in [0.2, 0.25) is 0 Å². The van der Waals surface area contributed by atoms with Crippen molar-refractivity contribution in [3.63, 3.8) is 0 Å². The van der Waals surface area contributed by atoms with E-state index < -0.39 is 17.2 Å². The summed E-state index contributed by atoms with van der Waals surface area (Å²) in [5.74, 6) is -1.36. The van der Waals surface area contributed by atoms with Gasteiger partial charge in [0, 0.05) is 11.4 Å². The Labute approximate surface area is 116 Å². The van der Waals surface area contributed by atoms with Crippen LogP contribution in [0.15, 0.2) is 18.2 Å². The molecule has 0 saturated heterocycles. The number of esters is 1. The van der Waals surface area contributed by atoms with Gasteiger partial charge in [-0.25, -0.2) is 4.39 Å². The molecule has 0 aromatic heterocycles. The van der Waals surface area contributed by atoms with Gasteiger partial charge in [0.15, 0.2) is 5.78 Å². The number of ketones is 1. The summed E-state index contributed by atoms with van der Waals surface area (Å²) in [5, 5.41) is 0.174. The van der Waals surface area contributed by atoms with Crippen molar-refractivity contribution in [2.24, 2.45) is 5.41 Å². The van der Waals surface area contributed by atoms with Gasteiger partial charge in [-0.3, -0.25) is 9.59 Å².